The molecule has 28 heavy (non-hydrogen) atoms. The van der Waals surface area contributed by atoms with Crippen LogP contribution in [0.4, 0.5) is 0 Å². The minimum Gasteiger partial charge on any atom is -0.504 e. The quantitative estimate of drug-likeness (QED) is 0.689. The molecule has 1 aliphatic heterocycles. The van der Waals surface area contributed by atoms with Crippen LogP contribution in [0.3, 0.4) is 0 Å². The number of rotatable bonds is 6. The smallest absolute Gasteiger partial charge is 0.161 e. The highest BCUT2D eigenvalue weighted by Gasteiger charge is 2.18. The summed E-state index contributed by atoms with van der Waals surface area (Å²) in [5.41, 5.74) is 5.40. The molecule has 0 fully saturated rings. The Hall–Kier alpha value is -3.27. The van der Waals surface area contributed by atoms with Crippen molar-refractivity contribution >= 4 is 5.71 Å². The van der Waals surface area contributed by atoms with Crippen molar-refractivity contribution in [1.29, 1.82) is 0 Å². The number of phenolic OH excluding ortho intramolecular Hbond substituents is 1. The lowest BCUT2D eigenvalue weighted by molar-refractivity contribution is 0.288. The SMILES string of the molecule is COc1ccc(CC2=NCCc3cc(OCc4ccccc4)c(O)cc32)cc1. The first-order chi connectivity index (χ1) is 13.7. The number of aliphatic imine (C=N–C) groups is 1. The first kappa shape index (κ1) is 18.1. The van der Waals surface area contributed by atoms with Gasteiger partial charge in [-0.25, -0.2) is 0 Å². The van der Waals surface area contributed by atoms with E-state index in [1.807, 2.05) is 60.7 Å². The fraction of sp³-hybridized carbons (Fsp3) is 0.208. The Bertz CT molecular complexity index is 979. The van der Waals surface area contributed by atoms with Gasteiger partial charge in [0.1, 0.15) is 12.4 Å². The van der Waals surface area contributed by atoms with E-state index in [0.717, 1.165) is 47.5 Å². The first-order valence-electron chi connectivity index (χ1n) is 9.42. The Morgan fingerprint density at radius 2 is 1.75 bits per heavy atom. The number of ether oxygens (including phenoxy) is 2. The van der Waals surface area contributed by atoms with Gasteiger partial charge in [-0.2, -0.15) is 0 Å². The number of fused-ring (bicyclic) bond motifs is 1. The molecule has 0 atom stereocenters. The van der Waals surface area contributed by atoms with E-state index in [9.17, 15) is 5.11 Å². The zero-order valence-electron chi connectivity index (χ0n) is 15.9. The fourth-order valence-electron chi connectivity index (χ4n) is 3.42. The lowest BCUT2D eigenvalue weighted by atomic mass is 9.93. The molecule has 4 rings (SSSR count). The summed E-state index contributed by atoms with van der Waals surface area (Å²) >= 11 is 0. The van der Waals surface area contributed by atoms with Crippen LogP contribution in [-0.4, -0.2) is 24.5 Å². The van der Waals surface area contributed by atoms with Gasteiger partial charge in [-0.1, -0.05) is 42.5 Å². The second kappa shape index (κ2) is 8.17. The van der Waals surface area contributed by atoms with E-state index < -0.39 is 0 Å². The molecular weight excluding hydrogens is 350 g/mol. The summed E-state index contributed by atoms with van der Waals surface area (Å²) in [5, 5.41) is 10.5. The Morgan fingerprint density at radius 3 is 2.50 bits per heavy atom. The molecule has 0 radical (unpaired) electrons. The number of methoxy groups -OCH3 is 1. The van der Waals surface area contributed by atoms with Crippen LogP contribution in [0.25, 0.3) is 0 Å². The van der Waals surface area contributed by atoms with Crippen molar-refractivity contribution in [2.45, 2.75) is 19.4 Å². The maximum atomic E-state index is 10.5. The number of phenols is 1. The molecular formula is C24H23NO3. The predicted molar refractivity (Wildman–Crippen MR) is 111 cm³/mol. The second-order valence-corrected chi connectivity index (χ2v) is 6.85. The summed E-state index contributed by atoms with van der Waals surface area (Å²) < 4.78 is 11.1. The molecule has 1 aliphatic rings. The number of nitrogens with zero attached hydrogens (tertiary/aromatic N) is 1. The van der Waals surface area contributed by atoms with Crippen LogP contribution in [0.5, 0.6) is 17.2 Å². The molecule has 0 spiro atoms. The van der Waals surface area contributed by atoms with Gasteiger partial charge in [0.15, 0.2) is 11.5 Å². The number of aromatic hydroxyl groups is 1. The van der Waals surface area contributed by atoms with Gasteiger partial charge in [0, 0.05) is 24.2 Å². The molecule has 4 heteroatoms. The van der Waals surface area contributed by atoms with Crippen molar-refractivity contribution in [1.82, 2.24) is 0 Å². The monoisotopic (exact) mass is 373 g/mol. The van der Waals surface area contributed by atoms with Crippen LogP contribution in [0.2, 0.25) is 0 Å². The van der Waals surface area contributed by atoms with Crippen LogP contribution in [0, 0.1) is 0 Å². The van der Waals surface area contributed by atoms with Gasteiger partial charge in [0.05, 0.1) is 7.11 Å². The molecule has 0 bridgehead atoms. The lowest BCUT2D eigenvalue weighted by Gasteiger charge is -2.19. The van der Waals surface area contributed by atoms with Crippen molar-refractivity contribution in [3.63, 3.8) is 0 Å². The Morgan fingerprint density at radius 1 is 0.964 bits per heavy atom. The highest BCUT2D eigenvalue weighted by atomic mass is 16.5. The standard InChI is InChI=1S/C24H23NO3/c1-27-20-9-7-17(8-10-20)13-22-21-15-23(26)24(14-19(21)11-12-25-22)28-16-18-5-3-2-4-6-18/h2-10,14-15,26H,11-13,16H2,1H3. The number of hydrogen-bond donors (Lipinski definition) is 1. The van der Waals surface area contributed by atoms with Crippen molar-refractivity contribution < 1.29 is 14.6 Å². The molecule has 0 aliphatic carbocycles. The Labute approximate surface area is 165 Å². The van der Waals surface area contributed by atoms with E-state index in [1.165, 1.54) is 5.56 Å². The van der Waals surface area contributed by atoms with Crippen LogP contribution >= 0.6 is 0 Å². The molecule has 4 nitrogen and oxygen atoms in total. The minimum atomic E-state index is 0.152. The van der Waals surface area contributed by atoms with E-state index in [-0.39, 0.29) is 5.75 Å². The van der Waals surface area contributed by atoms with Crippen molar-refractivity contribution in [3.05, 3.63) is 89.0 Å². The van der Waals surface area contributed by atoms with E-state index in [2.05, 4.69) is 0 Å². The predicted octanol–water partition coefficient (Wildman–Crippen LogP) is 4.57. The largest absolute Gasteiger partial charge is 0.504 e. The first-order valence-corrected chi connectivity index (χ1v) is 9.42. The maximum absolute atomic E-state index is 10.5. The van der Waals surface area contributed by atoms with Crippen LogP contribution in [0.1, 0.15) is 22.3 Å². The van der Waals surface area contributed by atoms with Crippen LogP contribution in [-0.2, 0) is 19.4 Å². The average Bonchev–Trinajstić information content (AvgIpc) is 2.74. The van der Waals surface area contributed by atoms with E-state index >= 15 is 0 Å². The Kier molecular flexibility index (Phi) is 5.29. The summed E-state index contributed by atoms with van der Waals surface area (Å²) in [6.45, 7) is 1.18. The van der Waals surface area contributed by atoms with E-state index in [0.29, 0.717) is 12.4 Å². The van der Waals surface area contributed by atoms with Crippen molar-refractivity contribution in [2.75, 3.05) is 13.7 Å². The van der Waals surface area contributed by atoms with E-state index in [4.69, 9.17) is 14.5 Å². The average molecular weight is 373 g/mol. The van der Waals surface area contributed by atoms with Gasteiger partial charge in [-0.05, 0) is 47.4 Å². The third-order valence-corrected chi connectivity index (χ3v) is 4.95. The fourth-order valence-corrected chi connectivity index (χ4v) is 3.42. The third-order valence-electron chi connectivity index (χ3n) is 4.95. The molecule has 0 saturated carbocycles. The molecule has 142 valence electrons. The van der Waals surface area contributed by atoms with Gasteiger partial charge >= 0.3 is 0 Å². The van der Waals surface area contributed by atoms with Gasteiger partial charge in [-0.15, -0.1) is 0 Å². The number of hydrogen-bond acceptors (Lipinski definition) is 4. The Balaban J connectivity index is 1.53. The van der Waals surface area contributed by atoms with Gasteiger partial charge < -0.3 is 14.6 Å². The molecule has 3 aromatic rings. The van der Waals surface area contributed by atoms with Gasteiger partial charge in [0.2, 0.25) is 0 Å². The normalized spacial score (nSPS) is 12.8. The molecule has 0 unspecified atom stereocenters. The second-order valence-electron chi connectivity index (χ2n) is 6.85. The zero-order chi connectivity index (χ0) is 19.3. The lowest BCUT2D eigenvalue weighted by Crippen LogP contribution is -2.15. The summed E-state index contributed by atoms with van der Waals surface area (Å²) in [6, 6.07) is 21.7. The number of benzene rings is 3. The van der Waals surface area contributed by atoms with Gasteiger partial charge in [0.25, 0.3) is 0 Å². The molecule has 3 aromatic carbocycles. The topological polar surface area (TPSA) is 51.0 Å². The third kappa shape index (κ3) is 4.01. The zero-order valence-corrected chi connectivity index (χ0v) is 15.9. The van der Waals surface area contributed by atoms with Crippen molar-refractivity contribution in [2.24, 2.45) is 4.99 Å². The summed E-state index contributed by atoms with van der Waals surface area (Å²) in [7, 11) is 1.66. The van der Waals surface area contributed by atoms with Crippen LogP contribution < -0.4 is 9.47 Å². The van der Waals surface area contributed by atoms with Crippen molar-refractivity contribution in [3.8, 4) is 17.2 Å². The highest BCUT2D eigenvalue weighted by molar-refractivity contribution is 6.04. The van der Waals surface area contributed by atoms with E-state index in [1.54, 1.807) is 13.2 Å². The molecule has 0 aromatic heterocycles. The minimum absolute atomic E-state index is 0.152. The van der Waals surface area contributed by atoms with Gasteiger partial charge in [-0.3, -0.25) is 4.99 Å². The highest BCUT2D eigenvalue weighted by Crippen LogP contribution is 2.33. The summed E-state index contributed by atoms with van der Waals surface area (Å²) in [4.78, 5) is 4.71. The maximum Gasteiger partial charge on any atom is 0.161 e. The molecule has 0 saturated heterocycles. The summed E-state index contributed by atoms with van der Waals surface area (Å²) in [5.74, 6) is 1.51. The molecule has 1 heterocycles. The summed E-state index contributed by atoms with van der Waals surface area (Å²) in [6.07, 6.45) is 1.57. The van der Waals surface area contributed by atoms with Crippen LogP contribution in [0.15, 0.2) is 71.7 Å². The molecule has 0 amide bonds. The molecule has 1 N–H and O–H groups in total.